The Hall–Kier alpha value is -7.69. The van der Waals surface area contributed by atoms with E-state index in [1.165, 1.54) is 72.3 Å². The average Bonchev–Trinajstić information content (AvgIpc) is 3.96. The van der Waals surface area contributed by atoms with E-state index in [0.717, 1.165) is 28.1 Å². The molecule has 1 aliphatic carbocycles. The minimum absolute atomic E-state index is 0.604. The molecule has 0 unspecified atom stereocenters. The molecule has 4 heteroatoms. The van der Waals surface area contributed by atoms with Crippen molar-refractivity contribution < 1.29 is 0 Å². The van der Waals surface area contributed by atoms with Crippen LogP contribution in [0.5, 0.6) is 0 Å². The predicted molar refractivity (Wildman–Crippen MR) is 248 cm³/mol. The van der Waals surface area contributed by atoms with Gasteiger partial charge in [-0.1, -0.05) is 146 Å². The summed E-state index contributed by atoms with van der Waals surface area (Å²) in [7, 11) is 0. The Balaban J connectivity index is 1.10. The van der Waals surface area contributed by atoms with Crippen LogP contribution in [0.1, 0.15) is 27.8 Å². The maximum Gasteiger partial charge on any atom is 0.138 e. The summed E-state index contributed by atoms with van der Waals surface area (Å²) in [6.45, 7) is 2.89. The number of rotatable bonds is 6. The number of aromatic nitrogens is 2. The van der Waals surface area contributed by atoms with Crippen molar-refractivity contribution in [2.75, 3.05) is 16.5 Å². The van der Waals surface area contributed by atoms with E-state index in [4.69, 9.17) is 4.98 Å². The molecular formula is C56H40N4. The Bertz CT molecular complexity index is 3240. The minimum Gasteiger partial charge on any atom is -0.321 e. The number of hydrogen-bond donors (Lipinski definition) is 0. The first kappa shape index (κ1) is 34.4. The fourth-order valence-corrected chi connectivity index (χ4v) is 10.3. The highest BCUT2D eigenvalue weighted by Crippen LogP contribution is 2.57. The van der Waals surface area contributed by atoms with Crippen LogP contribution >= 0.6 is 0 Å². The summed E-state index contributed by atoms with van der Waals surface area (Å²) in [4.78, 5) is 9.94. The highest BCUT2D eigenvalue weighted by Gasteiger charge is 2.46. The van der Waals surface area contributed by atoms with E-state index in [9.17, 15) is 0 Å². The van der Waals surface area contributed by atoms with Crippen LogP contribution in [0.4, 0.5) is 22.7 Å². The molecule has 0 amide bonds. The molecule has 8 aromatic carbocycles. The fourth-order valence-electron chi connectivity index (χ4n) is 10.3. The summed E-state index contributed by atoms with van der Waals surface area (Å²) in [5.41, 5.74) is 17.6. The summed E-state index contributed by atoms with van der Waals surface area (Å²) in [5, 5.41) is 2.41. The summed E-state index contributed by atoms with van der Waals surface area (Å²) in [6, 6.07) is 75.7. The van der Waals surface area contributed by atoms with E-state index in [-0.39, 0.29) is 0 Å². The smallest absolute Gasteiger partial charge is 0.138 e. The van der Waals surface area contributed by atoms with Crippen molar-refractivity contribution >= 4 is 44.6 Å². The second-order valence-corrected chi connectivity index (χ2v) is 16.0. The SMILES string of the molecule is Cc1ccccc1-c1ccnc(-n2c3ccccc3c3ccc(C4(c5cccc(N6CN(c7ccccc7)c7ccccc76)c5)c5ccccc5-c5ccccc54)cc32)c1. The van der Waals surface area contributed by atoms with Gasteiger partial charge in [-0.15, -0.1) is 0 Å². The van der Waals surface area contributed by atoms with Gasteiger partial charge in [0, 0.05) is 28.3 Å². The highest BCUT2D eigenvalue weighted by atomic mass is 15.4. The number of para-hydroxylation sites is 4. The van der Waals surface area contributed by atoms with Gasteiger partial charge in [0.05, 0.1) is 27.8 Å². The standard InChI is InChI=1S/C56H40N4/c1-38-16-5-6-21-44(38)39-32-33-57-55(34-39)60-51-27-12-9-24-47(51)48-31-30-41(36-54(48)60)56(49-25-10-7-22-45(49)46-23-8-11-26-50(46)56)40-17-15-20-43(35-40)59-37-58(42-18-3-2-4-19-42)52-28-13-14-29-53(52)59/h2-36H,37H2,1H3. The molecule has 0 atom stereocenters. The molecule has 12 rings (SSSR count). The normalized spacial score (nSPS) is 13.8. The van der Waals surface area contributed by atoms with Gasteiger partial charge in [0.25, 0.3) is 0 Å². The monoisotopic (exact) mass is 768 g/mol. The van der Waals surface area contributed by atoms with E-state index in [0.29, 0.717) is 6.67 Å². The molecule has 2 aromatic heterocycles. The van der Waals surface area contributed by atoms with Crippen molar-refractivity contribution in [2.45, 2.75) is 12.3 Å². The number of fused-ring (bicyclic) bond motifs is 7. The van der Waals surface area contributed by atoms with Gasteiger partial charge in [-0.2, -0.15) is 0 Å². The molecule has 10 aromatic rings. The molecule has 0 fully saturated rings. The first-order chi connectivity index (χ1) is 29.7. The largest absolute Gasteiger partial charge is 0.321 e. The third-order valence-corrected chi connectivity index (χ3v) is 12.9. The van der Waals surface area contributed by atoms with Crippen molar-refractivity contribution in [3.63, 3.8) is 0 Å². The van der Waals surface area contributed by atoms with Crippen molar-refractivity contribution in [1.29, 1.82) is 0 Å². The van der Waals surface area contributed by atoms with Crippen LogP contribution in [0.3, 0.4) is 0 Å². The van der Waals surface area contributed by atoms with Crippen LogP contribution in [-0.2, 0) is 5.41 Å². The molecule has 3 heterocycles. The number of nitrogens with zero attached hydrogens (tertiary/aromatic N) is 4. The lowest BCUT2D eigenvalue weighted by molar-refractivity contribution is 0.768. The molecule has 1 aliphatic heterocycles. The number of pyridine rings is 1. The van der Waals surface area contributed by atoms with Gasteiger partial charge in [-0.05, 0) is 118 Å². The Kier molecular flexibility index (Phi) is 7.69. The van der Waals surface area contributed by atoms with Crippen LogP contribution in [0, 0.1) is 6.92 Å². The zero-order chi connectivity index (χ0) is 39.8. The predicted octanol–water partition coefficient (Wildman–Crippen LogP) is 13.8. The summed E-state index contributed by atoms with van der Waals surface area (Å²) in [5.74, 6) is 0.901. The summed E-state index contributed by atoms with van der Waals surface area (Å²) >= 11 is 0. The van der Waals surface area contributed by atoms with Crippen LogP contribution < -0.4 is 9.80 Å². The molecule has 284 valence electrons. The molecule has 2 aliphatic rings. The molecule has 4 nitrogen and oxygen atoms in total. The Morgan fingerprint density at radius 3 is 1.82 bits per heavy atom. The van der Waals surface area contributed by atoms with Crippen molar-refractivity contribution in [2.24, 2.45) is 0 Å². The van der Waals surface area contributed by atoms with E-state index < -0.39 is 5.41 Å². The van der Waals surface area contributed by atoms with Gasteiger partial charge in [0.1, 0.15) is 12.5 Å². The first-order valence-electron chi connectivity index (χ1n) is 20.7. The van der Waals surface area contributed by atoms with Crippen LogP contribution in [0.25, 0.3) is 49.9 Å². The van der Waals surface area contributed by atoms with Crippen molar-refractivity contribution in [3.05, 3.63) is 240 Å². The van der Waals surface area contributed by atoms with Gasteiger partial charge >= 0.3 is 0 Å². The maximum absolute atomic E-state index is 5.07. The summed E-state index contributed by atoms with van der Waals surface area (Å²) < 4.78 is 2.37. The van der Waals surface area contributed by atoms with Crippen molar-refractivity contribution in [3.8, 4) is 28.1 Å². The molecule has 0 saturated carbocycles. The minimum atomic E-state index is -0.604. The Morgan fingerprint density at radius 1 is 0.450 bits per heavy atom. The van der Waals surface area contributed by atoms with Gasteiger partial charge < -0.3 is 9.80 Å². The zero-order valence-electron chi connectivity index (χ0n) is 33.2. The zero-order valence-corrected chi connectivity index (χ0v) is 33.2. The molecule has 60 heavy (non-hydrogen) atoms. The Morgan fingerprint density at radius 2 is 1.05 bits per heavy atom. The van der Waals surface area contributed by atoms with Crippen LogP contribution in [0.15, 0.2) is 212 Å². The van der Waals surface area contributed by atoms with Crippen LogP contribution in [0.2, 0.25) is 0 Å². The molecule has 0 bridgehead atoms. The second kappa shape index (κ2) is 13.4. The van der Waals surface area contributed by atoms with E-state index in [1.54, 1.807) is 0 Å². The van der Waals surface area contributed by atoms with Crippen LogP contribution in [-0.4, -0.2) is 16.2 Å². The maximum atomic E-state index is 5.07. The molecule has 0 spiro atoms. The number of anilines is 4. The number of benzene rings is 8. The lowest BCUT2D eigenvalue weighted by atomic mass is 9.67. The molecule has 0 radical (unpaired) electrons. The van der Waals surface area contributed by atoms with Gasteiger partial charge in [0.15, 0.2) is 0 Å². The van der Waals surface area contributed by atoms with Gasteiger partial charge in [0.2, 0.25) is 0 Å². The van der Waals surface area contributed by atoms with Gasteiger partial charge in [-0.25, -0.2) is 4.98 Å². The van der Waals surface area contributed by atoms with E-state index >= 15 is 0 Å². The van der Waals surface area contributed by atoms with Crippen molar-refractivity contribution in [1.82, 2.24) is 9.55 Å². The third-order valence-electron chi connectivity index (χ3n) is 12.9. The second-order valence-electron chi connectivity index (χ2n) is 16.0. The fraction of sp³-hybridized carbons (Fsp3) is 0.0536. The topological polar surface area (TPSA) is 24.3 Å². The lowest BCUT2D eigenvalue weighted by Crippen LogP contribution is -2.29. The van der Waals surface area contributed by atoms with E-state index in [2.05, 4.69) is 228 Å². The number of hydrogen-bond acceptors (Lipinski definition) is 3. The van der Waals surface area contributed by atoms with Gasteiger partial charge in [-0.3, -0.25) is 4.57 Å². The molecule has 0 N–H and O–H groups in total. The quantitative estimate of drug-likeness (QED) is 0.168. The number of aryl methyl sites for hydroxylation is 1. The third kappa shape index (κ3) is 5.01. The molecule has 0 saturated heterocycles. The molecular weight excluding hydrogens is 729 g/mol. The van der Waals surface area contributed by atoms with E-state index in [1.807, 2.05) is 6.20 Å². The Labute approximate surface area is 349 Å². The highest BCUT2D eigenvalue weighted by molar-refractivity contribution is 6.09. The lowest BCUT2D eigenvalue weighted by Gasteiger charge is -2.35. The average molecular weight is 769 g/mol. The summed E-state index contributed by atoms with van der Waals surface area (Å²) in [6.07, 6.45) is 1.95. The first-order valence-corrected chi connectivity index (χ1v) is 20.7.